The van der Waals surface area contributed by atoms with Crippen LogP contribution in [-0.2, 0) is 21.3 Å². The van der Waals surface area contributed by atoms with Crippen molar-refractivity contribution in [1.29, 1.82) is 0 Å². The summed E-state index contributed by atoms with van der Waals surface area (Å²) >= 11 is -2.32. The van der Waals surface area contributed by atoms with Gasteiger partial charge in [-0.3, -0.25) is 0 Å². The molecular weight excluding hydrogens is 498 g/mol. The van der Waals surface area contributed by atoms with Crippen LogP contribution in [0.3, 0.4) is 0 Å². The van der Waals surface area contributed by atoms with Gasteiger partial charge < -0.3 is 24.8 Å². The summed E-state index contributed by atoms with van der Waals surface area (Å²) < 4.78 is 3.88. The second kappa shape index (κ2) is 10.7. The topological polar surface area (TPSA) is 0 Å². The van der Waals surface area contributed by atoms with Crippen molar-refractivity contribution in [3.8, 4) is 0 Å². The van der Waals surface area contributed by atoms with Gasteiger partial charge in [0.1, 0.15) is 0 Å². The van der Waals surface area contributed by atoms with Crippen molar-refractivity contribution in [2.75, 3.05) is 0 Å². The van der Waals surface area contributed by atoms with Gasteiger partial charge in [-0.2, -0.15) is 0 Å². The third-order valence-electron chi connectivity index (χ3n) is 5.90. The van der Waals surface area contributed by atoms with Gasteiger partial charge in [-0.25, -0.2) is 0 Å². The first kappa shape index (κ1) is 23.9. The Kier molecular flexibility index (Phi) is 8.23. The maximum absolute atomic E-state index is 2.50. The van der Waals surface area contributed by atoms with E-state index in [9.17, 15) is 0 Å². The molecule has 3 heteroatoms. The molecule has 0 nitrogen and oxygen atoms in total. The molecule has 154 valence electrons. The molecule has 0 N–H and O–H groups in total. The maximum atomic E-state index is 2.50. The smallest absolute Gasteiger partial charge is 1.00 e. The second-order valence-corrected chi connectivity index (χ2v) is 14.2. The first-order valence-electron chi connectivity index (χ1n) is 10.3. The average Bonchev–Trinajstić information content (AvgIpc) is 3.39. The van der Waals surface area contributed by atoms with E-state index in [1.54, 1.807) is 6.49 Å². The first-order valence-corrected chi connectivity index (χ1v) is 14.2. The number of hydrogen-bond acceptors (Lipinski definition) is 0. The normalized spacial score (nSPS) is 15.5. The van der Waals surface area contributed by atoms with Crippen LogP contribution in [-0.4, -0.2) is 3.21 Å². The molecule has 0 saturated carbocycles. The maximum Gasteiger partial charge on any atom is -1.00 e. The largest absolute Gasteiger partial charge is 1.00 e. The zero-order chi connectivity index (χ0) is 19.6. The Bertz CT molecular complexity index is 1130. The van der Waals surface area contributed by atoms with Crippen LogP contribution in [0.15, 0.2) is 112 Å². The van der Waals surface area contributed by atoms with Crippen LogP contribution in [0.25, 0.3) is 6.08 Å². The first-order chi connectivity index (χ1) is 14.3. The van der Waals surface area contributed by atoms with Gasteiger partial charge in [0.2, 0.25) is 0 Å². The van der Waals surface area contributed by atoms with Gasteiger partial charge in [-0.1, -0.05) is 0 Å². The molecule has 0 saturated heterocycles. The molecule has 0 aromatic heterocycles. The van der Waals surface area contributed by atoms with E-state index in [0.717, 1.165) is 6.42 Å². The summed E-state index contributed by atoms with van der Waals surface area (Å²) in [5.41, 5.74) is 7.15. The SMILES string of the molecule is CC1=CC[C]([Zr+2](=[C](c2ccccc2)c2ccccc2)[CH]2C=Cc3ccccc32)=C1.[Cl-].[Cl-]. The van der Waals surface area contributed by atoms with Crippen molar-refractivity contribution in [1.82, 2.24) is 0 Å². The molecule has 2 aliphatic rings. The van der Waals surface area contributed by atoms with Gasteiger partial charge in [0.25, 0.3) is 0 Å². The summed E-state index contributed by atoms with van der Waals surface area (Å²) in [6.45, 7) is 2.25. The molecule has 0 fully saturated rings. The molecule has 0 spiro atoms. The third kappa shape index (κ3) is 4.85. The third-order valence-corrected chi connectivity index (χ3v) is 14.0. The van der Waals surface area contributed by atoms with E-state index in [1.165, 1.54) is 27.8 Å². The minimum atomic E-state index is -2.32. The van der Waals surface area contributed by atoms with Crippen molar-refractivity contribution in [3.63, 3.8) is 0 Å². The van der Waals surface area contributed by atoms with Crippen molar-refractivity contribution in [2.24, 2.45) is 0 Å². The van der Waals surface area contributed by atoms with E-state index in [2.05, 4.69) is 116 Å². The average molecular weight is 523 g/mol. The fraction of sp³-hybridized carbons (Fsp3) is 0.107. The molecule has 3 aromatic carbocycles. The summed E-state index contributed by atoms with van der Waals surface area (Å²) in [5.74, 6) is 0. The van der Waals surface area contributed by atoms with Crippen LogP contribution in [0.4, 0.5) is 0 Å². The predicted octanol–water partition coefficient (Wildman–Crippen LogP) is 0.884. The van der Waals surface area contributed by atoms with Gasteiger partial charge in [0.05, 0.1) is 0 Å². The fourth-order valence-electron chi connectivity index (χ4n) is 4.56. The quantitative estimate of drug-likeness (QED) is 0.478. The van der Waals surface area contributed by atoms with Crippen LogP contribution in [0.5, 0.6) is 0 Å². The minimum absolute atomic E-state index is 0. The van der Waals surface area contributed by atoms with Gasteiger partial charge in [0, 0.05) is 0 Å². The van der Waals surface area contributed by atoms with Gasteiger partial charge in [0.15, 0.2) is 0 Å². The van der Waals surface area contributed by atoms with E-state index in [0.29, 0.717) is 3.63 Å². The Morgan fingerprint density at radius 1 is 0.774 bits per heavy atom. The fourth-order valence-corrected chi connectivity index (χ4v) is 13.3. The molecule has 3 aromatic rings. The number of allylic oxidation sites excluding steroid dienone is 5. The molecule has 0 heterocycles. The molecule has 2 aliphatic carbocycles. The summed E-state index contributed by atoms with van der Waals surface area (Å²) in [4.78, 5) is 0. The van der Waals surface area contributed by atoms with E-state index in [1.807, 2.05) is 0 Å². The zero-order valence-corrected chi connectivity index (χ0v) is 21.4. The van der Waals surface area contributed by atoms with Crippen molar-refractivity contribution >= 4 is 9.28 Å². The van der Waals surface area contributed by atoms with E-state index >= 15 is 0 Å². The van der Waals surface area contributed by atoms with Crippen LogP contribution in [0.1, 0.15) is 39.2 Å². The summed E-state index contributed by atoms with van der Waals surface area (Å²) in [6, 6.07) is 31.2. The molecule has 0 amide bonds. The van der Waals surface area contributed by atoms with Gasteiger partial charge >= 0.3 is 182 Å². The number of halogens is 2. The Morgan fingerprint density at radius 2 is 1.35 bits per heavy atom. The van der Waals surface area contributed by atoms with E-state index in [-0.39, 0.29) is 24.8 Å². The Labute approximate surface area is 205 Å². The molecule has 5 rings (SSSR count). The molecule has 1 unspecified atom stereocenters. The van der Waals surface area contributed by atoms with Crippen molar-refractivity contribution < 1.29 is 46.1 Å². The molecular formula is C28H24Cl2Zr. The van der Waals surface area contributed by atoms with Gasteiger partial charge in [-0.05, 0) is 0 Å². The van der Waals surface area contributed by atoms with Crippen LogP contribution in [0.2, 0.25) is 0 Å². The number of benzene rings is 3. The Balaban J connectivity index is 0.00000136. The Hall–Kier alpha value is -1.79. The Morgan fingerprint density at radius 3 is 1.94 bits per heavy atom. The summed E-state index contributed by atoms with van der Waals surface area (Å²) in [6.07, 6.45) is 10.9. The minimum Gasteiger partial charge on any atom is -1.00 e. The number of hydrogen-bond donors (Lipinski definition) is 0. The van der Waals surface area contributed by atoms with Crippen LogP contribution >= 0.6 is 0 Å². The van der Waals surface area contributed by atoms with Crippen LogP contribution < -0.4 is 24.8 Å². The van der Waals surface area contributed by atoms with E-state index in [4.69, 9.17) is 0 Å². The number of rotatable bonds is 4. The molecule has 0 aliphatic heterocycles. The van der Waals surface area contributed by atoms with Crippen molar-refractivity contribution in [3.05, 3.63) is 134 Å². The monoisotopic (exact) mass is 520 g/mol. The van der Waals surface area contributed by atoms with Gasteiger partial charge in [-0.15, -0.1) is 0 Å². The predicted molar refractivity (Wildman–Crippen MR) is 121 cm³/mol. The van der Waals surface area contributed by atoms with Crippen molar-refractivity contribution in [2.45, 2.75) is 17.0 Å². The molecule has 0 bridgehead atoms. The summed E-state index contributed by atoms with van der Waals surface area (Å²) in [5, 5.41) is 0. The number of fused-ring (bicyclic) bond motifs is 1. The molecule has 1 atom stereocenters. The standard InChI is InChI=1S/C13H10.C9H7.C6H7.2ClH.Zr/c1-3-7-12(8-4-1)11-13-9-5-2-6-10-13;1-2-5-9-7-3-6-8(9)4-1;1-6-4-2-3-5-6;;;/h1-10H;1-7H;4-5H,2H2,1H3;2*1H;/q;;;;;+2/p-2. The second-order valence-electron chi connectivity index (χ2n) is 7.81. The molecule has 31 heavy (non-hydrogen) atoms. The van der Waals surface area contributed by atoms with Crippen LogP contribution in [0, 0.1) is 0 Å². The van der Waals surface area contributed by atoms with E-state index < -0.39 is 21.3 Å². The molecule has 0 radical (unpaired) electrons. The zero-order valence-electron chi connectivity index (χ0n) is 17.4. The summed E-state index contributed by atoms with van der Waals surface area (Å²) in [7, 11) is 0.